The van der Waals surface area contributed by atoms with Crippen LogP contribution < -0.4 is 0 Å². The molecule has 0 radical (unpaired) electrons. The van der Waals surface area contributed by atoms with Crippen LogP contribution >= 0.6 is 0 Å². The molecule has 1 aliphatic rings. The molecular weight excluding hydrogens is 849 g/mol. The number of hydrogen-bond donors (Lipinski definition) is 0. The van der Waals surface area contributed by atoms with Crippen LogP contribution in [0.4, 0.5) is 0 Å². The summed E-state index contributed by atoms with van der Waals surface area (Å²) in [7, 11) is 0. The van der Waals surface area contributed by atoms with Crippen molar-refractivity contribution < 1.29 is 0 Å². The summed E-state index contributed by atoms with van der Waals surface area (Å²) in [5.41, 5.74) is 12.6. The van der Waals surface area contributed by atoms with E-state index in [1.807, 2.05) is 0 Å². The quantitative estimate of drug-likeness (QED) is 0.152. The maximum Gasteiger partial charge on any atom is 0.161 e. The topological polar surface area (TPSA) is 51.6 Å². The zero-order valence-corrected chi connectivity index (χ0v) is 38.8. The zero-order valence-electron chi connectivity index (χ0n) is 38.8. The third kappa shape index (κ3) is 7.41. The van der Waals surface area contributed by atoms with Crippen molar-refractivity contribution in [3.63, 3.8) is 0 Å². The molecular formula is C66H48N4. The molecule has 0 saturated heterocycles. The Labute approximate surface area is 408 Å². The summed E-state index contributed by atoms with van der Waals surface area (Å²) in [4.78, 5) is 21.3. The van der Waals surface area contributed by atoms with E-state index in [9.17, 15) is 0 Å². The Morgan fingerprint density at radius 2 is 0.586 bits per heavy atom. The van der Waals surface area contributed by atoms with Gasteiger partial charge in [0.25, 0.3) is 0 Å². The van der Waals surface area contributed by atoms with Gasteiger partial charge in [-0.15, -0.1) is 0 Å². The van der Waals surface area contributed by atoms with E-state index in [4.69, 9.17) is 19.9 Å². The van der Waals surface area contributed by atoms with Crippen molar-refractivity contribution in [3.8, 4) is 67.8 Å². The van der Waals surface area contributed by atoms with E-state index in [1.54, 1.807) is 0 Å². The van der Waals surface area contributed by atoms with Crippen LogP contribution in [0.3, 0.4) is 0 Å². The van der Waals surface area contributed by atoms with Crippen molar-refractivity contribution in [3.05, 3.63) is 242 Å². The molecule has 13 rings (SSSR count). The van der Waals surface area contributed by atoms with Crippen molar-refractivity contribution in [2.45, 2.75) is 37.5 Å². The lowest BCUT2D eigenvalue weighted by Gasteiger charge is -2.39. The summed E-state index contributed by atoms with van der Waals surface area (Å²) < 4.78 is 0. The Balaban J connectivity index is 0.896. The monoisotopic (exact) mass is 896 g/mol. The molecule has 0 N–H and O–H groups in total. The number of rotatable bonds is 8. The van der Waals surface area contributed by atoms with Gasteiger partial charge < -0.3 is 0 Å². The highest BCUT2D eigenvalue weighted by molar-refractivity contribution is 6.00. The minimum atomic E-state index is -0.114. The summed E-state index contributed by atoms with van der Waals surface area (Å²) in [5, 5.41) is 9.35. The molecule has 4 heteroatoms. The first-order chi connectivity index (χ1) is 34.6. The third-order valence-corrected chi connectivity index (χ3v) is 14.8. The summed E-state index contributed by atoms with van der Waals surface area (Å²) in [6, 6.07) is 82.9. The smallest absolute Gasteiger partial charge is 0.161 e. The van der Waals surface area contributed by atoms with Gasteiger partial charge in [0.15, 0.2) is 11.6 Å². The molecule has 1 fully saturated rings. The Kier molecular flexibility index (Phi) is 10.4. The Hall–Kier alpha value is -8.60. The molecule has 12 aromatic rings. The number of fused-ring (bicyclic) bond motifs is 4. The average Bonchev–Trinajstić information content (AvgIpc) is 3.44. The van der Waals surface area contributed by atoms with Crippen molar-refractivity contribution >= 4 is 43.1 Å². The highest BCUT2D eigenvalue weighted by Gasteiger charge is 2.36. The van der Waals surface area contributed by atoms with Crippen LogP contribution in [0.25, 0.3) is 111 Å². The van der Waals surface area contributed by atoms with Crippen molar-refractivity contribution in [1.29, 1.82) is 0 Å². The van der Waals surface area contributed by atoms with E-state index in [0.29, 0.717) is 0 Å². The van der Waals surface area contributed by atoms with Crippen LogP contribution in [0.1, 0.15) is 43.2 Å². The second kappa shape index (κ2) is 17.5. The first-order valence-corrected chi connectivity index (χ1v) is 24.6. The molecule has 0 spiro atoms. The van der Waals surface area contributed by atoms with Crippen LogP contribution in [0.5, 0.6) is 0 Å². The number of hydrogen-bond acceptors (Lipinski definition) is 4. The molecule has 0 amide bonds. The van der Waals surface area contributed by atoms with Gasteiger partial charge in [0.05, 0.1) is 22.8 Å². The summed E-state index contributed by atoms with van der Waals surface area (Å²) in [6.07, 6.45) is 5.82. The van der Waals surface area contributed by atoms with Crippen molar-refractivity contribution in [2.24, 2.45) is 0 Å². The molecule has 4 nitrogen and oxygen atoms in total. The minimum absolute atomic E-state index is 0.114. The van der Waals surface area contributed by atoms with E-state index in [2.05, 4.69) is 231 Å². The lowest BCUT2D eigenvalue weighted by molar-refractivity contribution is 0.346. The summed E-state index contributed by atoms with van der Waals surface area (Å²) in [6.45, 7) is 0. The lowest BCUT2D eigenvalue weighted by atomic mass is 9.65. The standard InChI is InChI=1S/C66H48N4/c1-10-40-66(41-11-1,50-36-32-48(33-37-50)60-42-62(56-28-12-20-44-16-2-6-24-52(44)56)69-64(67-60)58-30-14-22-46-18-4-8-26-54(46)58)51-38-34-49(35-39-51)61-43-63(57-29-13-21-45-17-3-7-25-53(45)57)70-65(68-61)59-31-15-23-47-19-5-9-27-55(47)59/h2-9,12-39,42-43H,1,10-11,40-41H2. The number of benzene rings is 10. The maximum atomic E-state index is 5.34. The second-order valence-electron chi connectivity index (χ2n) is 18.8. The predicted molar refractivity (Wildman–Crippen MR) is 291 cm³/mol. The van der Waals surface area contributed by atoms with Gasteiger partial charge in [-0.3, -0.25) is 0 Å². The predicted octanol–water partition coefficient (Wildman–Crippen LogP) is 17.1. The fourth-order valence-corrected chi connectivity index (χ4v) is 11.3. The minimum Gasteiger partial charge on any atom is -0.228 e. The van der Waals surface area contributed by atoms with Gasteiger partial charge in [-0.05, 0) is 79.2 Å². The number of aromatic nitrogens is 4. The molecule has 0 bridgehead atoms. The van der Waals surface area contributed by atoms with Crippen molar-refractivity contribution in [1.82, 2.24) is 19.9 Å². The second-order valence-corrected chi connectivity index (χ2v) is 18.8. The zero-order chi connectivity index (χ0) is 46.4. The molecule has 332 valence electrons. The van der Waals surface area contributed by atoms with Crippen LogP contribution in [-0.2, 0) is 5.41 Å². The lowest BCUT2D eigenvalue weighted by Crippen LogP contribution is -2.30. The van der Waals surface area contributed by atoms with E-state index >= 15 is 0 Å². The Morgan fingerprint density at radius 1 is 0.271 bits per heavy atom. The van der Waals surface area contributed by atoms with E-state index < -0.39 is 0 Å². The first-order valence-electron chi connectivity index (χ1n) is 24.6. The van der Waals surface area contributed by atoms with Crippen LogP contribution in [0.15, 0.2) is 231 Å². The SMILES string of the molecule is c1ccc2c(-c3cc(-c4ccc(C5(c6ccc(-c7cc(-c8cccc9ccccc89)nc(-c8cccc9ccccc89)n7)cc6)CCCCC5)cc4)nc(-c4cccc5ccccc45)n3)cccc2c1. The van der Waals surface area contributed by atoms with Crippen LogP contribution in [0.2, 0.25) is 0 Å². The summed E-state index contributed by atoms with van der Waals surface area (Å²) in [5.74, 6) is 1.45. The molecule has 0 aliphatic heterocycles. The molecule has 10 aromatic carbocycles. The first kappa shape index (κ1) is 41.6. The van der Waals surface area contributed by atoms with Gasteiger partial charge in [-0.2, -0.15) is 0 Å². The normalized spacial score (nSPS) is 13.5. The molecule has 0 atom stereocenters. The van der Waals surface area contributed by atoms with Gasteiger partial charge in [-0.25, -0.2) is 19.9 Å². The molecule has 0 unspecified atom stereocenters. The largest absolute Gasteiger partial charge is 0.228 e. The van der Waals surface area contributed by atoms with Gasteiger partial charge >= 0.3 is 0 Å². The van der Waals surface area contributed by atoms with Gasteiger partial charge in [0.2, 0.25) is 0 Å². The summed E-state index contributed by atoms with van der Waals surface area (Å²) >= 11 is 0. The molecule has 70 heavy (non-hydrogen) atoms. The Bertz CT molecular complexity index is 3460. The Morgan fingerprint density at radius 3 is 0.971 bits per heavy atom. The molecule has 1 aliphatic carbocycles. The highest BCUT2D eigenvalue weighted by atomic mass is 14.9. The fraction of sp³-hybridized carbons (Fsp3) is 0.0909. The van der Waals surface area contributed by atoms with Gasteiger partial charge in [0.1, 0.15) is 0 Å². The number of nitrogens with zero attached hydrogens (tertiary/aromatic N) is 4. The van der Waals surface area contributed by atoms with Crippen molar-refractivity contribution in [2.75, 3.05) is 0 Å². The van der Waals surface area contributed by atoms with Crippen LogP contribution in [0, 0.1) is 0 Å². The van der Waals surface area contributed by atoms with E-state index in [1.165, 1.54) is 62.7 Å². The highest BCUT2D eigenvalue weighted by Crippen LogP contribution is 2.46. The molecule has 2 heterocycles. The maximum absolute atomic E-state index is 5.34. The average molecular weight is 897 g/mol. The fourth-order valence-electron chi connectivity index (χ4n) is 11.3. The van der Waals surface area contributed by atoms with E-state index in [-0.39, 0.29) is 5.41 Å². The van der Waals surface area contributed by atoms with Gasteiger partial charge in [0, 0.05) is 38.8 Å². The van der Waals surface area contributed by atoms with Crippen LogP contribution in [-0.4, -0.2) is 19.9 Å². The third-order valence-electron chi connectivity index (χ3n) is 14.8. The van der Waals surface area contributed by atoms with Gasteiger partial charge in [-0.1, -0.05) is 238 Å². The van der Waals surface area contributed by atoms with E-state index in [0.717, 1.165) is 91.4 Å². The molecule has 2 aromatic heterocycles. The molecule has 1 saturated carbocycles.